The molecule has 3 aliphatic rings. The van der Waals surface area contributed by atoms with E-state index in [1.807, 2.05) is 12.1 Å². The largest absolute Gasteiger partial charge is 0.333 e. The van der Waals surface area contributed by atoms with Gasteiger partial charge in [-0.15, -0.1) is 0 Å². The average molecular weight is 757 g/mol. The smallest absolute Gasteiger partial charge is 0.235 e. The van der Waals surface area contributed by atoms with Gasteiger partial charge in [0.1, 0.15) is 0 Å². The van der Waals surface area contributed by atoms with Crippen molar-refractivity contribution in [2.75, 3.05) is 4.90 Å². The van der Waals surface area contributed by atoms with Crippen LogP contribution in [0.25, 0.3) is 72.5 Å². The summed E-state index contributed by atoms with van der Waals surface area (Å²) in [6, 6.07) is 63.7. The first-order valence-electron chi connectivity index (χ1n) is 20.6. The SMILES string of the molecule is CC1(C)c2ccccc2-c2ccc(N3c4ccccc4C4=CC(c5ccc6c(c5)c5ccccc5n6-c5nc(-c6ccccc6)cc(-c6ccccc6)n5)=CCC43)cc21. The molecule has 0 fully saturated rings. The molecule has 0 amide bonds. The van der Waals surface area contributed by atoms with E-state index in [0.717, 1.165) is 40.0 Å². The Morgan fingerprint density at radius 1 is 0.525 bits per heavy atom. The zero-order chi connectivity index (χ0) is 39.2. The van der Waals surface area contributed by atoms with Gasteiger partial charge in [-0.1, -0.05) is 153 Å². The number of rotatable bonds is 5. The first kappa shape index (κ1) is 33.8. The molecule has 0 spiro atoms. The van der Waals surface area contributed by atoms with Crippen LogP contribution in [-0.2, 0) is 5.41 Å². The second-order valence-corrected chi connectivity index (χ2v) is 16.6. The van der Waals surface area contributed by atoms with Crippen LogP contribution in [-0.4, -0.2) is 20.6 Å². The minimum atomic E-state index is -0.0533. The van der Waals surface area contributed by atoms with E-state index >= 15 is 0 Å². The number of aromatic nitrogens is 3. The topological polar surface area (TPSA) is 34.0 Å². The fraction of sp³-hybridized carbons (Fsp3) is 0.0909. The summed E-state index contributed by atoms with van der Waals surface area (Å²) in [6.45, 7) is 4.73. The highest BCUT2D eigenvalue weighted by Crippen LogP contribution is 2.53. The monoisotopic (exact) mass is 756 g/mol. The average Bonchev–Trinajstić information content (AvgIpc) is 3.89. The summed E-state index contributed by atoms with van der Waals surface area (Å²) in [6.07, 6.45) is 5.80. The maximum atomic E-state index is 5.24. The second-order valence-electron chi connectivity index (χ2n) is 16.6. The van der Waals surface area contributed by atoms with Crippen molar-refractivity contribution in [1.82, 2.24) is 14.5 Å². The van der Waals surface area contributed by atoms with E-state index < -0.39 is 0 Å². The third kappa shape index (κ3) is 5.16. The van der Waals surface area contributed by atoms with E-state index in [-0.39, 0.29) is 11.5 Å². The van der Waals surface area contributed by atoms with E-state index in [0.29, 0.717) is 5.95 Å². The van der Waals surface area contributed by atoms with Gasteiger partial charge in [-0.25, -0.2) is 9.97 Å². The molecule has 1 unspecified atom stereocenters. The van der Waals surface area contributed by atoms with E-state index in [9.17, 15) is 0 Å². The van der Waals surface area contributed by atoms with Crippen LogP contribution in [0.4, 0.5) is 11.4 Å². The van der Waals surface area contributed by atoms with Crippen molar-refractivity contribution < 1.29 is 0 Å². The highest BCUT2D eigenvalue weighted by Gasteiger charge is 2.39. The van der Waals surface area contributed by atoms with Crippen LogP contribution < -0.4 is 4.90 Å². The molecule has 0 N–H and O–H groups in total. The zero-order valence-corrected chi connectivity index (χ0v) is 33.0. The van der Waals surface area contributed by atoms with Gasteiger partial charge in [0.2, 0.25) is 5.95 Å². The van der Waals surface area contributed by atoms with Crippen molar-refractivity contribution >= 4 is 44.3 Å². The molecule has 2 aliphatic carbocycles. The Labute approximate surface area is 344 Å². The third-order valence-electron chi connectivity index (χ3n) is 12.9. The van der Waals surface area contributed by atoms with Gasteiger partial charge in [0.05, 0.1) is 28.5 Å². The highest BCUT2D eigenvalue weighted by molar-refractivity contribution is 6.10. The summed E-state index contributed by atoms with van der Waals surface area (Å²) in [5, 5.41) is 2.37. The molecule has 4 nitrogen and oxygen atoms in total. The number of anilines is 2. The van der Waals surface area contributed by atoms with Gasteiger partial charge in [-0.05, 0) is 93.9 Å². The van der Waals surface area contributed by atoms with Crippen molar-refractivity contribution in [3.63, 3.8) is 0 Å². The molecule has 2 aromatic heterocycles. The van der Waals surface area contributed by atoms with Gasteiger partial charge in [0.15, 0.2) is 0 Å². The molecule has 1 aliphatic heterocycles. The van der Waals surface area contributed by atoms with Crippen LogP contribution in [0.2, 0.25) is 0 Å². The maximum absolute atomic E-state index is 5.24. The van der Waals surface area contributed by atoms with Gasteiger partial charge >= 0.3 is 0 Å². The number of para-hydroxylation sites is 2. The molecule has 0 saturated carbocycles. The summed E-state index contributed by atoms with van der Waals surface area (Å²) in [5.41, 5.74) is 19.2. The van der Waals surface area contributed by atoms with Crippen LogP contribution in [0.1, 0.15) is 42.5 Å². The summed E-state index contributed by atoms with van der Waals surface area (Å²) in [5.74, 6) is 0.660. The Morgan fingerprint density at radius 3 is 1.95 bits per heavy atom. The highest BCUT2D eigenvalue weighted by atomic mass is 15.2. The Morgan fingerprint density at radius 2 is 1.17 bits per heavy atom. The molecular formula is C55H40N4. The molecule has 12 rings (SSSR count). The first-order valence-corrected chi connectivity index (χ1v) is 20.6. The number of allylic oxidation sites excluding steroid dienone is 2. The van der Waals surface area contributed by atoms with Gasteiger partial charge in [-0.2, -0.15) is 0 Å². The Hall–Kier alpha value is -7.30. The first-order chi connectivity index (χ1) is 29.0. The van der Waals surface area contributed by atoms with Crippen LogP contribution in [0.5, 0.6) is 0 Å². The van der Waals surface area contributed by atoms with Crippen molar-refractivity contribution in [2.24, 2.45) is 0 Å². The minimum Gasteiger partial charge on any atom is -0.333 e. The molecule has 4 heteroatoms. The molecule has 280 valence electrons. The van der Waals surface area contributed by atoms with Crippen LogP contribution in [0.3, 0.4) is 0 Å². The molecule has 0 bridgehead atoms. The standard InChI is InChI=1S/C55H40N4/c1-55(2)46-22-12-9-19-40(46)41-28-27-39(33-47(41)55)58-50-23-13-10-20-42(50)44-31-37(25-29-52(44)58)38-26-30-53-45(32-38)43-21-11-14-24-51(43)59(53)54-56-48(35-15-5-3-6-16-35)34-49(57-54)36-17-7-4-8-18-36/h3-28,30-34,52H,29H2,1-2H3. The lowest BCUT2D eigenvalue weighted by atomic mass is 9.82. The maximum Gasteiger partial charge on any atom is 0.235 e. The number of benzene rings is 7. The summed E-state index contributed by atoms with van der Waals surface area (Å²) < 4.78 is 2.23. The summed E-state index contributed by atoms with van der Waals surface area (Å²) in [7, 11) is 0. The van der Waals surface area contributed by atoms with Crippen LogP contribution in [0.15, 0.2) is 188 Å². The molecule has 0 saturated heterocycles. The predicted octanol–water partition coefficient (Wildman–Crippen LogP) is 13.6. The number of hydrogen-bond acceptors (Lipinski definition) is 3. The van der Waals surface area contributed by atoms with Crippen LogP contribution in [0, 0.1) is 0 Å². The molecule has 59 heavy (non-hydrogen) atoms. The zero-order valence-electron chi connectivity index (χ0n) is 33.0. The van der Waals surface area contributed by atoms with Gasteiger partial charge in [0.25, 0.3) is 0 Å². The Balaban J connectivity index is 0.955. The predicted molar refractivity (Wildman–Crippen MR) is 244 cm³/mol. The lowest BCUT2D eigenvalue weighted by molar-refractivity contribution is 0.660. The summed E-state index contributed by atoms with van der Waals surface area (Å²) >= 11 is 0. The number of fused-ring (bicyclic) bond motifs is 9. The molecule has 1 atom stereocenters. The Kier molecular flexibility index (Phi) is 7.37. The van der Waals surface area contributed by atoms with Crippen molar-refractivity contribution in [1.29, 1.82) is 0 Å². The molecule has 9 aromatic rings. The molecule has 0 radical (unpaired) electrons. The molecule has 7 aromatic carbocycles. The fourth-order valence-electron chi connectivity index (χ4n) is 10.1. The van der Waals surface area contributed by atoms with E-state index in [1.54, 1.807) is 0 Å². The van der Waals surface area contributed by atoms with E-state index in [2.05, 4.69) is 199 Å². The lowest BCUT2D eigenvalue weighted by Gasteiger charge is -2.31. The second kappa shape index (κ2) is 12.9. The van der Waals surface area contributed by atoms with E-state index in [4.69, 9.17) is 9.97 Å². The summed E-state index contributed by atoms with van der Waals surface area (Å²) in [4.78, 5) is 13.1. The van der Waals surface area contributed by atoms with Gasteiger partial charge in [0, 0.05) is 44.3 Å². The minimum absolute atomic E-state index is 0.0533. The van der Waals surface area contributed by atoms with Crippen LogP contribution >= 0.6 is 0 Å². The molecule has 3 heterocycles. The Bertz CT molecular complexity index is 3170. The third-order valence-corrected chi connectivity index (χ3v) is 12.9. The lowest BCUT2D eigenvalue weighted by Crippen LogP contribution is -2.28. The van der Waals surface area contributed by atoms with Crippen molar-refractivity contribution in [3.8, 4) is 39.6 Å². The fourth-order valence-corrected chi connectivity index (χ4v) is 10.1. The number of nitrogens with zero attached hydrogens (tertiary/aromatic N) is 4. The van der Waals surface area contributed by atoms with Gasteiger partial charge < -0.3 is 4.90 Å². The van der Waals surface area contributed by atoms with E-state index in [1.165, 1.54) is 66.7 Å². The van der Waals surface area contributed by atoms with Gasteiger partial charge in [-0.3, -0.25) is 4.57 Å². The number of hydrogen-bond donors (Lipinski definition) is 0. The van der Waals surface area contributed by atoms with Crippen molar-refractivity contribution in [3.05, 3.63) is 210 Å². The molecular weight excluding hydrogens is 717 g/mol. The van der Waals surface area contributed by atoms with Crippen molar-refractivity contribution in [2.45, 2.75) is 31.7 Å². The quantitative estimate of drug-likeness (QED) is 0.175. The normalized spacial score (nSPS) is 16.0.